The zero-order valence-corrected chi connectivity index (χ0v) is 14.0. The van der Waals surface area contributed by atoms with Crippen molar-refractivity contribution >= 4 is 29.3 Å². The van der Waals surface area contributed by atoms with Gasteiger partial charge in [-0.2, -0.15) is 5.01 Å². The van der Waals surface area contributed by atoms with Crippen LogP contribution in [0, 0.1) is 6.92 Å². The first kappa shape index (κ1) is 16.1. The SMILES string of the molecule is CC(=O)Oc1ccccc1[C@@H]1OC(c2snnc2C)=NN1C(C)=O. The zero-order chi connectivity index (χ0) is 17.3. The van der Waals surface area contributed by atoms with E-state index >= 15 is 0 Å². The van der Waals surface area contributed by atoms with Gasteiger partial charge in [-0.25, -0.2) is 0 Å². The van der Waals surface area contributed by atoms with Crippen molar-refractivity contribution in [3.63, 3.8) is 0 Å². The molecule has 1 aromatic carbocycles. The maximum absolute atomic E-state index is 12.0. The predicted molar refractivity (Wildman–Crippen MR) is 85.3 cm³/mol. The normalized spacial score (nSPS) is 16.5. The fraction of sp³-hybridized carbons (Fsp3) is 0.267. The van der Waals surface area contributed by atoms with E-state index in [2.05, 4.69) is 14.7 Å². The molecule has 0 bridgehead atoms. The average Bonchev–Trinajstić information content (AvgIpc) is 3.13. The van der Waals surface area contributed by atoms with E-state index in [0.29, 0.717) is 21.9 Å². The van der Waals surface area contributed by atoms with Crippen molar-refractivity contribution in [1.29, 1.82) is 0 Å². The van der Waals surface area contributed by atoms with Gasteiger partial charge in [0.2, 0.25) is 12.1 Å². The third-order valence-electron chi connectivity index (χ3n) is 3.25. The maximum atomic E-state index is 12.0. The van der Waals surface area contributed by atoms with Gasteiger partial charge in [-0.1, -0.05) is 16.6 Å². The molecule has 1 aliphatic heterocycles. The number of amides is 1. The van der Waals surface area contributed by atoms with E-state index in [0.717, 1.165) is 11.5 Å². The molecular weight excluding hydrogens is 332 g/mol. The van der Waals surface area contributed by atoms with Gasteiger partial charge in [-0.3, -0.25) is 9.59 Å². The summed E-state index contributed by atoms with van der Waals surface area (Å²) in [6, 6.07) is 6.85. The highest BCUT2D eigenvalue weighted by atomic mass is 32.1. The summed E-state index contributed by atoms with van der Waals surface area (Å²) in [5, 5.41) is 9.36. The molecule has 0 aliphatic carbocycles. The Hall–Kier alpha value is -2.81. The Labute approximate surface area is 141 Å². The summed E-state index contributed by atoms with van der Waals surface area (Å²) in [6.07, 6.45) is -0.824. The van der Waals surface area contributed by atoms with Crippen LogP contribution < -0.4 is 4.74 Å². The third kappa shape index (κ3) is 2.98. The number of carbonyl (C=O) groups excluding carboxylic acids is 2. The van der Waals surface area contributed by atoms with Gasteiger partial charge < -0.3 is 9.47 Å². The lowest BCUT2D eigenvalue weighted by Crippen LogP contribution is -2.26. The largest absolute Gasteiger partial charge is 0.445 e. The van der Waals surface area contributed by atoms with Gasteiger partial charge in [0, 0.05) is 13.8 Å². The number of rotatable bonds is 3. The van der Waals surface area contributed by atoms with Crippen molar-refractivity contribution in [3.05, 3.63) is 40.4 Å². The Kier molecular flexibility index (Phi) is 4.26. The first-order valence-electron chi connectivity index (χ1n) is 7.09. The van der Waals surface area contributed by atoms with Crippen molar-refractivity contribution in [2.75, 3.05) is 0 Å². The minimum Gasteiger partial charge on any atom is -0.445 e. The molecule has 0 N–H and O–H groups in total. The third-order valence-corrected chi connectivity index (χ3v) is 4.07. The second-order valence-corrected chi connectivity index (χ2v) is 5.81. The lowest BCUT2D eigenvalue weighted by Gasteiger charge is -2.21. The van der Waals surface area contributed by atoms with Gasteiger partial charge in [0.25, 0.3) is 5.90 Å². The summed E-state index contributed by atoms with van der Waals surface area (Å²) in [4.78, 5) is 23.9. The van der Waals surface area contributed by atoms with Gasteiger partial charge in [-0.05, 0) is 30.6 Å². The number of hydrazone groups is 1. The highest BCUT2D eigenvalue weighted by Crippen LogP contribution is 2.36. The molecule has 0 radical (unpaired) electrons. The van der Waals surface area contributed by atoms with Crippen LogP contribution in [0.2, 0.25) is 0 Å². The number of carbonyl (C=O) groups is 2. The molecule has 1 aromatic heterocycles. The summed E-state index contributed by atoms with van der Waals surface area (Å²) in [6.45, 7) is 4.47. The van der Waals surface area contributed by atoms with E-state index in [-0.39, 0.29) is 11.8 Å². The Bertz CT molecular complexity index is 832. The summed E-state index contributed by atoms with van der Waals surface area (Å²) >= 11 is 1.13. The number of aromatic nitrogens is 2. The van der Waals surface area contributed by atoms with Crippen LogP contribution in [0.3, 0.4) is 0 Å². The van der Waals surface area contributed by atoms with Crippen molar-refractivity contribution < 1.29 is 19.1 Å². The van der Waals surface area contributed by atoms with Gasteiger partial charge in [-0.15, -0.1) is 10.2 Å². The van der Waals surface area contributed by atoms with Crippen molar-refractivity contribution in [2.45, 2.75) is 27.0 Å². The zero-order valence-electron chi connectivity index (χ0n) is 13.2. The predicted octanol–water partition coefficient (Wildman–Crippen LogP) is 2.01. The minimum atomic E-state index is -0.824. The molecule has 124 valence electrons. The maximum Gasteiger partial charge on any atom is 0.308 e. The molecule has 1 amide bonds. The quantitative estimate of drug-likeness (QED) is 0.623. The lowest BCUT2D eigenvalue weighted by atomic mass is 10.1. The number of benzene rings is 1. The number of para-hydroxylation sites is 1. The van der Waals surface area contributed by atoms with Gasteiger partial charge in [0.1, 0.15) is 10.6 Å². The number of nitrogens with zero attached hydrogens (tertiary/aromatic N) is 4. The van der Waals surface area contributed by atoms with Crippen LogP contribution in [0.25, 0.3) is 0 Å². The second kappa shape index (κ2) is 6.36. The standard InChI is InChI=1S/C15H14N4O4S/c1-8-13(24-18-16-8)14-17-19(9(2)20)15(23-14)11-6-4-5-7-12(11)22-10(3)21/h4-7,15H,1-3H3/t15-/m0/s1. The lowest BCUT2D eigenvalue weighted by molar-refractivity contribution is -0.135. The number of ether oxygens (including phenoxy) is 2. The van der Waals surface area contributed by atoms with Gasteiger partial charge in [0.15, 0.2) is 0 Å². The van der Waals surface area contributed by atoms with Crippen LogP contribution in [0.5, 0.6) is 5.75 Å². The summed E-state index contributed by atoms with van der Waals surface area (Å²) < 4.78 is 14.9. The fourth-order valence-electron chi connectivity index (χ4n) is 2.22. The van der Waals surface area contributed by atoms with Crippen LogP contribution in [-0.4, -0.2) is 32.4 Å². The summed E-state index contributed by atoms with van der Waals surface area (Å²) in [5.41, 5.74) is 1.19. The molecule has 0 spiro atoms. The van der Waals surface area contributed by atoms with Gasteiger partial charge >= 0.3 is 5.97 Å². The fourth-order valence-corrected chi connectivity index (χ4v) is 2.80. The van der Waals surface area contributed by atoms with E-state index in [1.165, 1.54) is 18.9 Å². The Morgan fingerprint density at radius 2 is 2.04 bits per heavy atom. The van der Waals surface area contributed by atoms with Crippen LogP contribution in [0.4, 0.5) is 0 Å². The number of aryl methyl sites for hydroxylation is 1. The van der Waals surface area contributed by atoms with E-state index in [1.807, 2.05) is 0 Å². The van der Waals surface area contributed by atoms with Crippen LogP contribution in [0.1, 0.15) is 36.2 Å². The molecule has 0 saturated heterocycles. The molecule has 0 saturated carbocycles. The van der Waals surface area contributed by atoms with E-state index in [1.54, 1.807) is 31.2 Å². The first-order chi connectivity index (χ1) is 11.5. The van der Waals surface area contributed by atoms with Crippen LogP contribution in [-0.2, 0) is 14.3 Å². The molecule has 8 nitrogen and oxygen atoms in total. The molecular formula is C15H14N4O4S. The number of hydrogen-bond acceptors (Lipinski definition) is 8. The molecule has 2 aromatic rings. The van der Waals surface area contributed by atoms with Crippen molar-refractivity contribution in [2.24, 2.45) is 5.10 Å². The molecule has 3 rings (SSSR count). The Morgan fingerprint density at radius 3 is 2.67 bits per heavy atom. The Morgan fingerprint density at radius 1 is 1.29 bits per heavy atom. The average molecular weight is 346 g/mol. The van der Waals surface area contributed by atoms with Crippen LogP contribution >= 0.6 is 11.5 Å². The molecule has 1 aliphatic rings. The van der Waals surface area contributed by atoms with E-state index < -0.39 is 12.2 Å². The molecule has 1 atom stereocenters. The van der Waals surface area contributed by atoms with E-state index in [4.69, 9.17) is 9.47 Å². The van der Waals surface area contributed by atoms with Gasteiger partial charge in [0.05, 0.1) is 11.3 Å². The van der Waals surface area contributed by atoms with E-state index in [9.17, 15) is 9.59 Å². The molecule has 9 heteroatoms. The molecule has 2 heterocycles. The molecule has 0 fully saturated rings. The highest BCUT2D eigenvalue weighted by molar-refractivity contribution is 7.08. The topological polar surface area (TPSA) is 94.0 Å². The Balaban J connectivity index is 1.99. The second-order valence-electron chi connectivity index (χ2n) is 5.06. The summed E-state index contributed by atoms with van der Waals surface area (Å²) in [5.74, 6) is -0.182. The minimum absolute atomic E-state index is 0.264. The number of hydrogen-bond donors (Lipinski definition) is 0. The molecule has 24 heavy (non-hydrogen) atoms. The first-order valence-corrected chi connectivity index (χ1v) is 7.86. The molecule has 0 unspecified atom stereocenters. The smallest absolute Gasteiger partial charge is 0.308 e. The number of esters is 1. The van der Waals surface area contributed by atoms with Crippen molar-refractivity contribution in [1.82, 2.24) is 14.6 Å². The highest BCUT2D eigenvalue weighted by Gasteiger charge is 2.36. The van der Waals surface area contributed by atoms with Crippen molar-refractivity contribution in [3.8, 4) is 5.75 Å². The summed E-state index contributed by atoms with van der Waals surface area (Å²) in [7, 11) is 0. The van der Waals surface area contributed by atoms with Crippen LogP contribution in [0.15, 0.2) is 29.4 Å². The monoisotopic (exact) mass is 346 g/mol.